The van der Waals surface area contributed by atoms with E-state index in [2.05, 4.69) is 32.8 Å². The van der Waals surface area contributed by atoms with Crippen molar-refractivity contribution in [3.63, 3.8) is 0 Å². The van der Waals surface area contributed by atoms with E-state index in [4.69, 9.17) is 4.98 Å². The molecule has 0 bridgehead atoms. The Morgan fingerprint density at radius 1 is 1.15 bits per heavy atom. The Morgan fingerprint density at radius 2 is 1.92 bits per heavy atom. The molecule has 5 heteroatoms. The molecule has 0 unspecified atom stereocenters. The maximum absolute atomic E-state index is 9.57. The Hall–Kier alpha value is -2.58. The first-order valence-electron chi connectivity index (χ1n) is 9.55. The zero-order valence-electron chi connectivity index (χ0n) is 15.3. The molecule has 1 saturated heterocycles. The summed E-state index contributed by atoms with van der Waals surface area (Å²) in [4.78, 5) is 7.26. The number of likely N-dealkylation sites (tertiary alicyclic amines) is 1. The molecule has 3 aromatic rings. The summed E-state index contributed by atoms with van der Waals surface area (Å²) in [5, 5.41) is 13.2. The lowest BCUT2D eigenvalue weighted by Crippen LogP contribution is -2.30. The van der Waals surface area contributed by atoms with Crippen LogP contribution in [0.25, 0.3) is 16.7 Å². The van der Waals surface area contributed by atoms with Gasteiger partial charge in [-0.15, -0.1) is 0 Å². The number of rotatable bonds is 4. The zero-order chi connectivity index (χ0) is 17.9. The number of imidazole rings is 1. The van der Waals surface area contributed by atoms with E-state index in [1.54, 1.807) is 0 Å². The summed E-state index contributed by atoms with van der Waals surface area (Å²) < 4.78 is 2.09. The molecule has 0 saturated carbocycles. The van der Waals surface area contributed by atoms with E-state index in [0.717, 1.165) is 41.2 Å². The zero-order valence-corrected chi connectivity index (χ0v) is 15.3. The summed E-state index contributed by atoms with van der Waals surface area (Å²) in [5.41, 5.74) is 4.32. The summed E-state index contributed by atoms with van der Waals surface area (Å²) >= 11 is 0. The van der Waals surface area contributed by atoms with Crippen molar-refractivity contribution in [1.82, 2.24) is 14.3 Å². The van der Waals surface area contributed by atoms with Gasteiger partial charge in [0, 0.05) is 13.1 Å². The van der Waals surface area contributed by atoms with Crippen molar-refractivity contribution in [2.45, 2.75) is 32.6 Å². The standard InChI is InChI=1S/C21H25N5/c1-16-14-20(23-10-13-25-11-6-2-3-7-12-25)26-19-9-5-4-8-18(19)24-21(26)17(16)15-22/h4-5,8-9,14,23H,2-3,6-7,10-13H2,1H3. The Balaban J connectivity index is 1.65. The van der Waals surface area contributed by atoms with Crippen molar-refractivity contribution >= 4 is 22.5 Å². The Labute approximate surface area is 154 Å². The molecule has 3 heterocycles. The molecule has 1 fully saturated rings. The lowest BCUT2D eigenvalue weighted by molar-refractivity contribution is 0.296. The fourth-order valence-electron chi connectivity index (χ4n) is 3.93. The van der Waals surface area contributed by atoms with Crippen LogP contribution in [0.4, 0.5) is 5.82 Å². The highest BCUT2D eigenvalue weighted by atomic mass is 15.2. The van der Waals surface area contributed by atoms with E-state index in [1.165, 1.54) is 38.8 Å². The normalized spacial score (nSPS) is 15.8. The lowest BCUT2D eigenvalue weighted by atomic mass is 10.1. The average molecular weight is 347 g/mol. The highest BCUT2D eigenvalue weighted by Crippen LogP contribution is 2.26. The minimum Gasteiger partial charge on any atom is -0.370 e. The van der Waals surface area contributed by atoms with Crippen molar-refractivity contribution in [2.75, 3.05) is 31.5 Å². The minimum absolute atomic E-state index is 0.652. The number of hydrogen-bond donors (Lipinski definition) is 1. The number of nitriles is 1. The Bertz CT molecular complexity index is 958. The van der Waals surface area contributed by atoms with E-state index < -0.39 is 0 Å². The molecule has 1 aromatic carbocycles. The fourth-order valence-corrected chi connectivity index (χ4v) is 3.93. The summed E-state index contributed by atoms with van der Waals surface area (Å²) in [6, 6.07) is 12.5. The average Bonchev–Trinajstić information content (AvgIpc) is 2.83. The molecule has 4 rings (SSSR count). The number of para-hydroxylation sites is 2. The van der Waals surface area contributed by atoms with Gasteiger partial charge in [-0.05, 0) is 56.6 Å². The Morgan fingerprint density at radius 3 is 2.69 bits per heavy atom. The number of aryl methyl sites for hydroxylation is 1. The topological polar surface area (TPSA) is 56.4 Å². The smallest absolute Gasteiger partial charge is 0.157 e. The molecule has 0 spiro atoms. The lowest BCUT2D eigenvalue weighted by Gasteiger charge is -2.20. The molecule has 134 valence electrons. The van der Waals surface area contributed by atoms with E-state index in [9.17, 15) is 5.26 Å². The second kappa shape index (κ2) is 7.35. The second-order valence-electron chi connectivity index (χ2n) is 7.14. The van der Waals surface area contributed by atoms with Gasteiger partial charge in [-0.2, -0.15) is 5.26 Å². The number of pyridine rings is 1. The number of anilines is 1. The summed E-state index contributed by atoms with van der Waals surface area (Å²) in [5.74, 6) is 1.01. The SMILES string of the molecule is Cc1cc(NCCN2CCCCCC2)n2c(nc3ccccc32)c1C#N. The van der Waals surface area contributed by atoms with Crippen LogP contribution in [0.2, 0.25) is 0 Å². The molecular weight excluding hydrogens is 322 g/mol. The van der Waals surface area contributed by atoms with Crippen LogP contribution in [0.5, 0.6) is 0 Å². The number of benzene rings is 1. The molecular formula is C21H25N5. The first-order chi connectivity index (χ1) is 12.8. The van der Waals surface area contributed by atoms with Gasteiger partial charge >= 0.3 is 0 Å². The van der Waals surface area contributed by atoms with Gasteiger partial charge in [0.05, 0.1) is 16.6 Å². The van der Waals surface area contributed by atoms with Gasteiger partial charge in [-0.1, -0.05) is 25.0 Å². The van der Waals surface area contributed by atoms with Crippen LogP contribution in [-0.4, -0.2) is 40.5 Å². The van der Waals surface area contributed by atoms with Crippen LogP contribution >= 0.6 is 0 Å². The molecule has 1 aliphatic rings. The van der Waals surface area contributed by atoms with Gasteiger partial charge in [-0.25, -0.2) is 4.98 Å². The number of nitrogens with zero attached hydrogens (tertiary/aromatic N) is 4. The number of aromatic nitrogens is 2. The van der Waals surface area contributed by atoms with E-state index >= 15 is 0 Å². The summed E-state index contributed by atoms with van der Waals surface area (Å²) in [6.45, 7) is 6.34. The van der Waals surface area contributed by atoms with Crippen molar-refractivity contribution in [3.8, 4) is 6.07 Å². The van der Waals surface area contributed by atoms with Crippen LogP contribution in [0.1, 0.15) is 36.8 Å². The third-order valence-corrected chi connectivity index (χ3v) is 5.32. The van der Waals surface area contributed by atoms with Crippen molar-refractivity contribution in [3.05, 3.63) is 41.5 Å². The molecule has 1 aliphatic heterocycles. The summed E-state index contributed by atoms with van der Waals surface area (Å²) in [7, 11) is 0. The molecule has 0 atom stereocenters. The number of fused-ring (bicyclic) bond motifs is 3. The van der Waals surface area contributed by atoms with E-state index in [1.807, 2.05) is 25.1 Å². The van der Waals surface area contributed by atoms with Gasteiger partial charge in [-0.3, -0.25) is 4.40 Å². The third kappa shape index (κ3) is 3.13. The maximum Gasteiger partial charge on any atom is 0.157 e. The van der Waals surface area contributed by atoms with Crippen LogP contribution < -0.4 is 5.32 Å². The van der Waals surface area contributed by atoms with Crippen molar-refractivity contribution < 1.29 is 0 Å². The minimum atomic E-state index is 0.652. The van der Waals surface area contributed by atoms with Gasteiger partial charge in [0.2, 0.25) is 0 Å². The van der Waals surface area contributed by atoms with Crippen LogP contribution in [0.3, 0.4) is 0 Å². The summed E-state index contributed by atoms with van der Waals surface area (Å²) in [6.07, 6.45) is 5.35. The number of nitrogens with one attached hydrogen (secondary N) is 1. The first kappa shape index (κ1) is 16.9. The molecule has 1 N–H and O–H groups in total. The van der Waals surface area contributed by atoms with Gasteiger partial charge in [0.15, 0.2) is 5.65 Å². The predicted octanol–water partition coefficient (Wildman–Crippen LogP) is 3.96. The van der Waals surface area contributed by atoms with Crippen molar-refractivity contribution in [1.29, 1.82) is 5.26 Å². The highest BCUT2D eigenvalue weighted by molar-refractivity contribution is 5.85. The predicted molar refractivity (Wildman–Crippen MR) is 106 cm³/mol. The van der Waals surface area contributed by atoms with Crippen LogP contribution in [0.15, 0.2) is 30.3 Å². The number of hydrogen-bond acceptors (Lipinski definition) is 4. The van der Waals surface area contributed by atoms with Crippen molar-refractivity contribution in [2.24, 2.45) is 0 Å². The largest absolute Gasteiger partial charge is 0.370 e. The maximum atomic E-state index is 9.57. The van der Waals surface area contributed by atoms with E-state index in [-0.39, 0.29) is 0 Å². The molecule has 0 radical (unpaired) electrons. The van der Waals surface area contributed by atoms with Gasteiger partial charge in [0.25, 0.3) is 0 Å². The molecule has 2 aromatic heterocycles. The molecule has 0 aliphatic carbocycles. The molecule has 5 nitrogen and oxygen atoms in total. The highest BCUT2D eigenvalue weighted by Gasteiger charge is 2.15. The van der Waals surface area contributed by atoms with Crippen LogP contribution in [0, 0.1) is 18.3 Å². The molecule has 26 heavy (non-hydrogen) atoms. The van der Waals surface area contributed by atoms with Gasteiger partial charge < -0.3 is 10.2 Å². The quantitative estimate of drug-likeness (QED) is 0.776. The first-order valence-corrected chi connectivity index (χ1v) is 9.55. The monoisotopic (exact) mass is 347 g/mol. The van der Waals surface area contributed by atoms with Gasteiger partial charge in [0.1, 0.15) is 11.9 Å². The molecule has 0 amide bonds. The second-order valence-corrected chi connectivity index (χ2v) is 7.14. The fraction of sp³-hybridized carbons (Fsp3) is 0.429. The van der Waals surface area contributed by atoms with E-state index in [0.29, 0.717) is 5.56 Å². The third-order valence-electron chi connectivity index (χ3n) is 5.32. The Kier molecular flexibility index (Phi) is 4.77. The van der Waals surface area contributed by atoms with Crippen LogP contribution in [-0.2, 0) is 0 Å².